The molecule has 0 heterocycles. The van der Waals surface area contributed by atoms with Crippen LogP contribution in [0.2, 0.25) is 0 Å². The lowest BCUT2D eigenvalue weighted by molar-refractivity contribution is 0.102. The summed E-state index contributed by atoms with van der Waals surface area (Å²) in [6, 6.07) is 13.4. The number of carbonyl (C=O) groups is 1. The molecule has 2 rings (SSSR count). The molecule has 2 aromatic rings. The second-order valence-electron chi connectivity index (χ2n) is 5.86. The molecule has 6 nitrogen and oxygen atoms in total. The molecule has 0 spiro atoms. The minimum absolute atomic E-state index is 0. The summed E-state index contributed by atoms with van der Waals surface area (Å²) in [7, 11) is -3.65. The second kappa shape index (κ2) is 10.7. The Balaban J connectivity index is 0.00000364. The molecular formula is C18H24ClN3O3S2. The zero-order valence-corrected chi connectivity index (χ0v) is 17.6. The molecule has 9 heteroatoms. The van der Waals surface area contributed by atoms with E-state index in [1.807, 2.05) is 12.1 Å². The van der Waals surface area contributed by atoms with Gasteiger partial charge in [-0.05, 0) is 42.5 Å². The number of rotatable bonds is 8. The monoisotopic (exact) mass is 429 g/mol. The molecule has 0 bridgehead atoms. The number of hydrogen-bond donors (Lipinski definition) is 3. The Morgan fingerprint density at radius 3 is 2.41 bits per heavy atom. The predicted octanol–water partition coefficient (Wildman–Crippen LogP) is 3.10. The van der Waals surface area contributed by atoms with Crippen LogP contribution in [0.25, 0.3) is 0 Å². The third-order valence-electron chi connectivity index (χ3n) is 3.33. The van der Waals surface area contributed by atoms with Crippen molar-refractivity contribution in [2.45, 2.75) is 28.9 Å². The maximum Gasteiger partial charge on any atom is 0.255 e. The zero-order valence-electron chi connectivity index (χ0n) is 15.1. The second-order valence-corrected chi connectivity index (χ2v) is 9.28. The molecule has 0 radical (unpaired) electrons. The largest absolute Gasteiger partial charge is 0.329 e. The van der Waals surface area contributed by atoms with E-state index >= 15 is 0 Å². The molecule has 2 aromatic carbocycles. The van der Waals surface area contributed by atoms with Crippen LogP contribution in [0.3, 0.4) is 0 Å². The van der Waals surface area contributed by atoms with Crippen LogP contribution in [0.1, 0.15) is 24.2 Å². The first kappa shape index (κ1) is 23.5. The van der Waals surface area contributed by atoms with E-state index in [1.165, 1.54) is 12.1 Å². The number of sulfonamides is 1. The summed E-state index contributed by atoms with van der Waals surface area (Å²) in [5, 5.41) is 3.19. The van der Waals surface area contributed by atoms with Gasteiger partial charge in [0.25, 0.3) is 5.91 Å². The summed E-state index contributed by atoms with van der Waals surface area (Å²) in [6.45, 7) is 4.57. The van der Waals surface area contributed by atoms with Gasteiger partial charge < -0.3 is 11.1 Å². The summed E-state index contributed by atoms with van der Waals surface area (Å²) in [5.41, 5.74) is 6.24. The minimum atomic E-state index is -3.65. The fourth-order valence-corrected chi connectivity index (χ4v) is 4.11. The number of anilines is 1. The number of thioether (sulfide) groups is 1. The van der Waals surface area contributed by atoms with Gasteiger partial charge in [0, 0.05) is 34.5 Å². The highest BCUT2D eigenvalue weighted by Crippen LogP contribution is 2.23. The van der Waals surface area contributed by atoms with E-state index in [-0.39, 0.29) is 36.3 Å². The molecule has 0 aliphatic carbocycles. The third kappa shape index (κ3) is 7.15. The molecule has 1 amide bonds. The van der Waals surface area contributed by atoms with Gasteiger partial charge in [-0.15, -0.1) is 24.2 Å². The smallest absolute Gasteiger partial charge is 0.255 e. The van der Waals surface area contributed by atoms with Crippen LogP contribution in [0, 0.1) is 0 Å². The van der Waals surface area contributed by atoms with Gasteiger partial charge in [-0.2, -0.15) is 0 Å². The Morgan fingerprint density at radius 2 is 1.81 bits per heavy atom. The molecule has 0 saturated heterocycles. The number of hydrogen-bond acceptors (Lipinski definition) is 5. The molecule has 0 aliphatic rings. The number of halogens is 1. The Hall–Kier alpha value is -1.58. The molecule has 0 saturated carbocycles. The highest BCUT2D eigenvalue weighted by atomic mass is 35.5. The van der Waals surface area contributed by atoms with Crippen molar-refractivity contribution < 1.29 is 13.2 Å². The van der Waals surface area contributed by atoms with E-state index in [0.717, 1.165) is 4.90 Å². The fraction of sp³-hybridized carbons (Fsp3) is 0.278. The summed E-state index contributed by atoms with van der Waals surface area (Å²) in [6.07, 6.45) is 0. The fourth-order valence-electron chi connectivity index (χ4n) is 2.18. The SMILES string of the molecule is CC(C)Sc1ccc(C(=O)Nc2cccc(S(=O)(=O)NCCN)c2)cc1.Cl. The van der Waals surface area contributed by atoms with E-state index < -0.39 is 10.0 Å². The van der Waals surface area contributed by atoms with Crippen LogP contribution in [0.4, 0.5) is 5.69 Å². The highest BCUT2D eigenvalue weighted by Gasteiger charge is 2.14. The number of carbonyl (C=O) groups excluding carboxylic acids is 1. The average Bonchev–Trinajstić information content (AvgIpc) is 2.60. The lowest BCUT2D eigenvalue weighted by atomic mass is 10.2. The van der Waals surface area contributed by atoms with Gasteiger partial charge in [-0.25, -0.2) is 13.1 Å². The average molecular weight is 430 g/mol. The van der Waals surface area contributed by atoms with Crippen molar-refractivity contribution in [3.63, 3.8) is 0 Å². The van der Waals surface area contributed by atoms with E-state index in [1.54, 1.807) is 36.0 Å². The van der Waals surface area contributed by atoms with E-state index in [2.05, 4.69) is 23.9 Å². The zero-order chi connectivity index (χ0) is 19.2. The Bertz CT molecular complexity index is 856. The number of nitrogens with one attached hydrogen (secondary N) is 2. The van der Waals surface area contributed by atoms with Gasteiger partial charge in [0.05, 0.1) is 4.90 Å². The molecule has 148 valence electrons. The first-order valence-corrected chi connectivity index (χ1v) is 10.6. The predicted molar refractivity (Wildman–Crippen MR) is 113 cm³/mol. The van der Waals surface area contributed by atoms with Crippen molar-refractivity contribution in [2.24, 2.45) is 5.73 Å². The summed E-state index contributed by atoms with van der Waals surface area (Å²) in [4.78, 5) is 13.6. The van der Waals surface area contributed by atoms with Gasteiger partial charge in [0.15, 0.2) is 0 Å². The highest BCUT2D eigenvalue weighted by molar-refractivity contribution is 7.99. The van der Waals surface area contributed by atoms with Crippen molar-refractivity contribution in [1.82, 2.24) is 4.72 Å². The van der Waals surface area contributed by atoms with Crippen molar-refractivity contribution in [1.29, 1.82) is 0 Å². The normalized spacial score (nSPS) is 11.1. The summed E-state index contributed by atoms with van der Waals surface area (Å²) in [5.74, 6) is -0.296. The topological polar surface area (TPSA) is 101 Å². The van der Waals surface area contributed by atoms with Gasteiger partial charge in [0.1, 0.15) is 0 Å². The van der Waals surface area contributed by atoms with Crippen molar-refractivity contribution in [2.75, 3.05) is 18.4 Å². The van der Waals surface area contributed by atoms with Crippen molar-refractivity contribution >= 4 is 45.8 Å². The van der Waals surface area contributed by atoms with Crippen LogP contribution >= 0.6 is 24.2 Å². The van der Waals surface area contributed by atoms with Gasteiger partial charge in [-0.1, -0.05) is 19.9 Å². The first-order chi connectivity index (χ1) is 12.3. The maximum atomic E-state index is 12.4. The molecular weight excluding hydrogens is 406 g/mol. The molecule has 4 N–H and O–H groups in total. The van der Waals surface area contributed by atoms with Crippen LogP contribution in [-0.4, -0.2) is 32.7 Å². The quantitative estimate of drug-likeness (QED) is 0.559. The van der Waals surface area contributed by atoms with Gasteiger partial charge >= 0.3 is 0 Å². The summed E-state index contributed by atoms with van der Waals surface area (Å²) >= 11 is 1.72. The number of amides is 1. The van der Waals surface area contributed by atoms with Crippen molar-refractivity contribution in [3.8, 4) is 0 Å². The van der Waals surface area contributed by atoms with E-state index in [0.29, 0.717) is 16.5 Å². The van der Waals surface area contributed by atoms with E-state index in [9.17, 15) is 13.2 Å². The van der Waals surface area contributed by atoms with Crippen LogP contribution < -0.4 is 15.8 Å². The molecule has 0 aliphatic heterocycles. The van der Waals surface area contributed by atoms with Crippen LogP contribution in [-0.2, 0) is 10.0 Å². The number of benzene rings is 2. The molecule has 27 heavy (non-hydrogen) atoms. The lowest BCUT2D eigenvalue weighted by Gasteiger charge is -2.10. The van der Waals surface area contributed by atoms with Crippen LogP contribution in [0.15, 0.2) is 58.3 Å². The van der Waals surface area contributed by atoms with Crippen molar-refractivity contribution in [3.05, 3.63) is 54.1 Å². The number of nitrogens with two attached hydrogens (primary N) is 1. The molecule has 0 fully saturated rings. The Kier molecular flexibility index (Phi) is 9.28. The molecule has 0 atom stereocenters. The molecule has 0 unspecified atom stereocenters. The molecule has 0 aromatic heterocycles. The minimum Gasteiger partial charge on any atom is -0.329 e. The maximum absolute atomic E-state index is 12.4. The third-order valence-corrected chi connectivity index (χ3v) is 5.80. The van der Waals surface area contributed by atoms with Crippen LogP contribution in [0.5, 0.6) is 0 Å². The summed E-state index contributed by atoms with van der Waals surface area (Å²) < 4.78 is 26.7. The Morgan fingerprint density at radius 1 is 1.15 bits per heavy atom. The Labute approximate surface area is 170 Å². The van der Waals surface area contributed by atoms with Gasteiger partial charge in [-0.3, -0.25) is 4.79 Å². The lowest BCUT2D eigenvalue weighted by Crippen LogP contribution is -2.29. The van der Waals surface area contributed by atoms with E-state index in [4.69, 9.17) is 5.73 Å². The first-order valence-electron chi connectivity index (χ1n) is 8.19. The van der Waals surface area contributed by atoms with Gasteiger partial charge in [0.2, 0.25) is 10.0 Å². The standard InChI is InChI=1S/C18H23N3O3S2.ClH/c1-13(2)25-16-8-6-14(7-9-16)18(22)21-15-4-3-5-17(12-15)26(23,24)20-11-10-19;/h3-9,12-13,20H,10-11,19H2,1-2H3,(H,21,22);1H.